The highest BCUT2D eigenvalue weighted by atomic mass is 16.4. The summed E-state index contributed by atoms with van der Waals surface area (Å²) in [7, 11) is 3.68. The lowest BCUT2D eigenvalue weighted by atomic mass is 10.5. The Hall–Kier alpha value is -0.870. The van der Waals surface area contributed by atoms with E-state index in [1.165, 1.54) is 0 Å². The lowest BCUT2D eigenvalue weighted by molar-refractivity contribution is -0.131. The monoisotopic (exact) mass is 144 g/mol. The number of nitrogens with zero attached hydrogens (tertiary/aromatic N) is 1. The van der Waals surface area contributed by atoms with Gasteiger partial charge in [-0.25, -0.2) is 4.79 Å². The molecule has 58 valence electrons. The second-order valence-corrected chi connectivity index (χ2v) is 2.00. The fraction of sp³-hybridized carbons (Fsp3) is 0.500. The van der Waals surface area contributed by atoms with E-state index >= 15 is 0 Å². The molecule has 0 spiro atoms. The van der Waals surface area contributed by atoms with Crippen LogP contribution in [-0.4, -0.2) is 36.7 Å². The molecule has 0 aromatic carbocycles. The van der Waals surface area contributed by atoms with E-state index in [9.17, 15) is 4.79 Å². The minimum atomic E-state index is -0.916. The van der Waals surface area contributed by atoms with E-state index in [2.05, 4.69) is 5.43 Å². The maximum absolute atomic E-state index is 9.92. The van der Waals surface area contributed by atoms with Gasteiger partial charge in [0.15, 0.2) is 0 Å². The quantitative estimate of drug-likeness (QED) is 0.420. The number of carbonyl (C=O) groups is 1. The molecule has 0 bridgehead atoms. The molecule has 4 nitrogen and oxygen atoms in total. The highest BCUT2D eigenvalue weighted by Crippen LogP contribution is 1.71. The molecular weight excluding hydrogens is 132 g/mol. The Morgan fingerprint density at radius 2 is 2.30 bits per heavy atom. The van der Waals surface area contributed by atoms with E-state index in [1.54, 1.807) is 11.1 Å². The third-order valence-corrected chi connectivity index (χ3v) is 0.786. The Labute approximate surface area is 60.1 Å². The molecule has 0 aliphatic rings. The summed E-state index contributed by atoms with van der Waals surface area (Å²) in [4.78, 5) is 9.92. The Bertz CT molecular complexity index is 132. The van der Waals surface area contributed by atoms with Crippen molar-refractivity contribution in [2.45, 2.75) is 0 Å². The zero-order valence-electron chi connectivity index (χ0n) is 6.16. The van der Waals surface area contributed by atoms with E-state index in [1.807, 2.05) is 14.1 Å². The number of carboxylic acid groups (broad SMARTS) is 1. The largest absolute Gasteiger partial charge is 0.478 e. The maximum atomic E-state index is 9.92. The highest BCUT2D eigenvalue weighted by molar-refractivity contribution is 5.79. The van der Waals surface area contributed by atoms with Crippen LogP contribution in [0.25, 0.3) is 0 Å². The van der Waals surface area contributed by atoms with E-state index in [-0.39, 0.29) is 0 Å². The number of hydrogen-bond acceptors (Lipinski definition) is 3. The van der Waals surface area contributed by atoms with Crippen molar-refractivity contribution in [3.8, 4) is 0 Å². The van der Waals surface area contributed by atoms with Gasteiger partial charge in [-0.15, -0.1) is 0 Å². The molecule has 0 atom stereocenters. The van der Waals surface area contributed by atoms with Crippen LogP contribution in [0.2, 0.25) is 0 Å². The summed E-state index contributed by atoms with van der Waals surface area (Å²) >= 11 is 0. The smallest absolute Gasteiger partial charge is 0.328 e. The molecule has 0 aliphatic carbocycles. The minimum absolute atomic E-state index is 0.541. The second kappa shape index (κ2) is 4.96. The van der Waals surface area contributed by atoms with Gasteiger partial charge in [-0.05, 0) is 0 Å². The van der Waals surface area contributed by atoms with Gasteiger partial charge in [0, 0.05) is 26.7 Å². The van der Waals surface area contributed by atoms with Crippen molar-refractivity contribution in [2.75, 3.05) is 20.6 Å². The van der Waals surface area contributed by atoms with Crippen LogP contribution in [0.5, 0.6) is 0 Å². The molecule has 0 fully saturated rings. The molecule has 0 rings (SSSR count). The molecule has 0 unspecified atom stereocenters. The van der Waals surface area contributed by atoms with Crippen LogP contribution in [0.4, 0.5) is 0 Å². The summed E-state index contributed by atoms with van der Waals surface area (Å²) in [6, 6.07) is 0. The van der Waals surface area contributed by atoms with E-state index in [4.69, 9.17) is 5.11 Å². The van der Waals surface area contributed by atoms with Crippen molar-refractivity contribution in [1.29, 1.82) is 0 Å². The Morgan fingerprint density at radius 1 is 1.70 bits per heavy atom. The third-order valence-electron chi connectivity index (χ3n) is 0.786. The van der Waals surface area contributed by atoms with Crippen LogP contribution in [0.15, 0.2) is 12.2 Å². The average molecular weight is 144 g/mol. The van der Waals surface area contributed by atoms with Gasteiger partial charge in [-0.1, -0.05) is 6.08 Å². The van der Waals surface area contributed by atoms with E-state index < -0.39 is 5.97 Å². The Balaban J connectivity index is 3.27. The van der Waals surface area contributed by atoms with Crippen LogP contribution < -0.4 is 5.43 Å². The number of aliphatic carboxylic acids is 1. The normalized spacial score (nSPS) is 11.1. The molecule has 0 aliphatic heterocycles. The SMILES string of the molecule is CN(C)NCC=CC(=O)O. The number of rotatable bonds is 4. The molecule has 10 heavy (non-hydrogen) atoms. The Kier molecular flexibility index (Phi) is 4.53. The van der Waals surface area contributed by atoms with Crippen molar-refractivity contribution in [3.63, 3.8) is 0 Å². The predicted octanol–water partition coefficient (Wildman–Crippen LogP) is -0.307. The number of carboxylic acids is 1. The van der Waals surface area contributed by atoms with E-state index in [0.29, 0.717) is 6.54 Å². The lowest BCUT2D eigenvalue weighted by Crippen LogP contribution is -2.30. The van der Waals surface area contributed by atoms with Crippen molar-refractivity contribution >= 4 is 5.97 Å². The number of hydrogen-bond donors (Lipinski definition) is 2. The molecule has 0 aromatic rings. The molecule has 0 heterocycles. The fourth-order valence-corrected chi connectivity index (χ4v) is 0.395. The van der Waals surface area contributed by atoms with Gasteiger partial charge < -0.3 is 5.11 Å². The summed E-state index contributed by atoms with van der Waals surface area (Å²) in [5.74, 6) is -0.916. The molecule has 4 heteroatoms. The molecule has 0 aromatic heterocycles. The number of hydrazine groups is 1. The first-order chi connectivity index (χ1) is 4.63. The topological polar surface area (TPSA) is 52.6 Å². The zero-order chi connectivity index (χ0) is 7.98. The molecule has 0 saturated heterocycles. The molecular formula is C6H12N2O2. The summed E-state index contributed by atoms with van der Waals surface area (Å²) in [6.45, 7) is 0.541. The summed E-state index contributed by atoms with van der Waals surface area (Å²) in [6.07, 6.45) is 2.65. The van der Waals surface area contributed by atoms with Gasteiger partial charge in [0.1, 0.15) is 0 Å². The first-order valence-electron chi connectivity index (χ1n) is 2.93. The maximum Gasteiger partial charge on any atom is 0.328 e. The summed E-state index contributed by atoms with van der Waals surface area (Å²) < 4.78 is 0. The highest BCUT2D eigenvalue weighted by Gasteiger charge is 1.85. The Morgan fingerprint density at radius 3 is 2.70 bits per heavy atom. The molecule has 0 radical (unpaired) electrons. The molecule has 0 saturated carbocycles. The lowest BCUT2D eigenvalue weighted by Gasteiger charge is -2.07. The van der Waals surface area contributed by atoms with Gasteiger partial charge in [0.25, 0.3) is 0 Å². The van der Waals surface area contributed by atoms with Crippen molar-refractivity contribution in [1.82, 2.24) is 10.4 Å². The van der Waals surface area contributed by atoms with Crippen LogP contribution in [-0.2, 0) is 4.79 Å². The molecule has 2 N–H and O–H groups in total. The second-order valence-electron chi connectivity index (χ2n) is 2.00. The average Bonchev–Trinajstić information content (AvgIpc) is 1.79. The van der Waals surface area contributed by atoms with Gasteiger partial charge in [0.2, 0.25) is 0 Å². The first-order valence-corrected chi connectivity index (χ1v) is 2.93. The zero-order valence-corrected chi connectivity index (χ0v) is 6.16. The van der Waals surface area contributed by atoms with Crippen LogP contribution in [0.3, 0.4) is 0 Å². The standard InChI is InChI=1S/C6H12N2O2/c1-8(2)7-5-3-4-6(9)10/h3-4,7H,5H2,1-2H3,(H,9,10). The van der Waals surface area contributed by atoms with Crippen LogP contribution in [0.1, 0.15) is 0 Å². The van der Waals surface area contributed by atoms with E-state index in [0.717, 1.165) is 6.08 Å². The van der Waals surface area contributed by atoms with Gasteiger partial charge in [-0.2, -0.15) is 0 Å². The minimum Gasteiger partial charge on any atom is -0.478 e. The van der Waals surface area contributed by atoms with Gasteiger partial charge in [0.05, 0.1) is 0 Å². The summed E-state index contributed by atoms with van der Waals surface area (Å²) in [5.41, 5.74) is 2.88. The third kappa shape index (κ3) is 7.13. The first kappa shape index (κ1) is 9.13. The van der Waals surface area contributed by atoms with Crippen molar-refractivity contribution < 1.29 is 9.90 Å². The van der Waals surface area contributed by atoms with Crippen molar-refractivity contribution in [2.24, 2.45) is 0 Å². The predicted molar refractivity (Wildman–Crippen MR) is 38.5 cm³/mol. The summed E-state index contributed by atoms with van der Waals surface area (Å²) in [5, 5.41) is 9.91. The van der Waals surface area contributed by atoms with Crippen LogP contribution >= 0.6 is 0 Å². The molecule has 0 amide bonds. The fourth-order valence-electron chi connectivity index (χ4n) is 0.395. The number of nitrogens with one attached hydrogen (secondary N) is 1. The van der Waals surface area contributed by atoms with Crippen LogP contribution in [0, 0.1) is 0 Å². The van der Waals surface area contributed by atoms with Gasteiger partial charge >= 0.3 is 5.97 Å². The van der Waals surface area contributed by atoms with Gasteiger partial charge in [-0.3, -0.25) is 10.4 Å². The van der Waals surface area contributed by atoms with Crippen molar-refractivity contribution in [3.05, 3.63) is 12.2 Å².